The standard InChI is InChI=1S/C19H17N5/c1-14(21-15(2)13-20)7-8-16-9-11-17(12-10-16)24-19-6-4-3-5-18(19)22-23-24/h3-6,9-12H,1,7-8H2,2H3/b21-15+. The van der Waals surface area contributed by atoms with Crippen LogP contribution in [0.1, 0.15) is 18.9 Å². The quantitative estimate of drug-likeness (QED) is 0.672. The van der Waals surface area contributed by atoms with Gasteiger partial charge < -0.3 is 0 Å². The van der Waals surface area contributed by atoms with Crippen LogP contribution in [0.5, 0.6) is 0 Å². The number of hydrogen-bond acceptors (Lipinski definition) is 4. The summed E-state index contributed by atoms with van der Waals surface area (Å²) in [5, 5.41) is 17.1. The van der Waals surface area contributed by atoms with E-state index in [1.165, 1.54) is 5.56 Å². The molecule has 0 aliphatic carbocycles. The zero-order valence-electron chi connectivity index (χ0n) is 13.5. The monoisotopic (exact) mass is 315 g/mol. The van der Waals surface area contributed by atoms with Crippen LogP contribution in [0.2, 0.25) is 0 Å². The van der Waals surface area contributed by atoms with E-state index in [2.05, 4.69) is 34.0 Å². The number of aryl methyl sites for hydroxylation is 1. The van der Waals surface area contributed by atoms with Crippen LogP contribution in [0.25, 0.3) is 16.7 Å². The maximum atomic E-state index is 8.73. The summed E-state index contributed by atoms with van der Waals surface area (Å²) in [4.78, 5) is 4.14. The highest BCUT2D eigenvalue weighted by molar-refractivity contribution is 5.96. The minimum absolute atomic E-state index is 0.438. The van der Waals surface area contributed by atoms with Crippen LogP contribution in [-0.2, 0) is 6.42 Å². The van der Waals surface area contributed by atoms with Crippen molar-refractivity contribution in [2.45, 2.75) is 19.8 Å². The van der Waals surface area contributed by atoms with Crippen LogP contribution in [-0.4, -0.2) is 20.7 Å². The first kappa shape index (κ1) is 15.6. The number of aromatic nitrogens is 3. The second kappa shape index (κ2) is 6.88. The number of aliphatic imine (C=N–C) groups is 1. The molecule has 0 unspecified atom stereocenters. The average molecular weight is 315 g/mol. The number of benzene rings is 2. The SMILES string of the molecule is C=C(CCc1ccc(-n2nnc3ccccc32)cc1)/N=C(\C)C#N. The molecule has 0 bridgehead atoms. The lowest BCUT2D eigenvalue weighted by atomic mass is 10.1. The van der Waals surface area contributed by atoms with Gasteiger partial charge >= 0.3 is 0 Å². The lowest BCUT2D eigenvalue weighted by Crippen LogP contribution is -1.97. The molecule has 2 aromatic carbocycles. The summed E-state index contributed by atoms with van der Waals surface area (Å²) in [5.74, 6) is 0. The molecule has 24 heavy (non-hydrogen) atoms. The van der Waals surface area contributed by atoms with Crippen molar-refractivity contribution in [3.05, 3.63) is 66.4 Å². The fourth-order valence-corrected chi connectivity index (χ4v) is 2.47. The molecule has 0 saturated heterocycles. The van der Waals surface area contributed by atoms with E-state index in [4.69, 9.17) is 5.26 Å². The Hall–Kier alpha value is -3.26. The van der Waals surface area contributed by atoms with Gasteiger partial charge in [-0.2, -0.15) is 5.26 Å². The van der Waals surface area contributed by atoms with E-state index in [1.807, 2.05) is 47.1 Å². The van der Waals surface area contributed by atoms with Crippen molar-refractivity contribution in [3.8, 4) is 11.8 Å². The molecule has 0 spiro atoms. The van der Waals surface area contributed by atoms with E-state index >= 15 is 0 Å². The maximum Gasteiger partial charge on any atom is 0.115 e. The highest BCUT2D eigenvalue weighted by atomic mass is 15.4. The molecule has 3 aromatic rings. The van der Waals surface area contributed by atoms with Crippen LogP contribution in [0.4, 0.5) is 0 Å². The van der Waals surface area contributed by atoms with Gasteiger partial charge in [0, 0.05) is 5.70 Å². The third-order valence-electron chi connectivity index (χ3n) is 3.72. The summed E-state index contributed by atoms with van der Waals surface area (Å²) in [5.41, 5.74) is 5.19. The first-order chi connectivity index (χ1) is 11.7. The number of allylic oxidation sites excluding steroid dienone is 1. The van der Waals surface area contributed by atoms with E-state index in [1.54, 1.807) is 6.92 Å². The lowest BCUT2D eigenvalue weighted by molar-refractivity contribution is 0.822. The van der Waals surface area contributed by atoms with Crippen molar-refractivity contribution in [2.24, 2.45) is 4.99 Å². The van der Waals surface area contributed by atoms with E-state index < -0.39 is 0 Å². The Morgan fingerprint density at radius 1 is 1.21 bits per heavy atom. The molecule has 1 aromatic heterocycles. The Morgan fingerprint density at radius 2 is 1.96 bits per heavy atom. The van der Waals surface area contributed by atoms with Crippen LogP contribution >= 0.6 is 0 Å². The van der Waals surface area contributed by atoms with Crippen molar-refractivity contribution < 1.29 is 0 Å². The molecule has 0 atom stereocenters. The van der Waals surface area contributed by atoms with Gasteiger partial charge in [-0.15, -0.1) is 5.10 Å². The third-order valence-corrected chi connectivity index (χ3v) is 3.72. The predicted molar refractivity (Wildman–Crippen MR) is 95.0 cm³/mol. The Balaban J connectivity index is 1.72. The minimum atomic E-state index is 0.438. The summed E-state index contributed by atoms with van der Waals surface area (Å²) in [7, 11) is 0. The number of fused-ring (bicyclic) bond motifs is 1. The molecular weight excluding hydrogens is 298 g/mol. The topological polar surface area (TPSA) is 66.9 Å². The van der Waals surface area contributed by atoms with Crippen molar-refractivity contribution in [3.63, 3.8) is 0 Å². The Kier molecular flexibility index (Phi) is 4.48. The smallest absolute Gasteiger partial charge is 0.115 e. The zero-order chi connectivity index (χ0) is 16.9. The van der Waals surface area contributed by atoms with E-state index in [0.29, 0.717) is 5.71 Å². The number of para-hydroxylation sites is 1. The molecule has 0 fully saturated rings. The molecule has 0 amide bonds. The molecule has 0 N–H and O–H groups in total. The van der Waals surface area contributed by atoms with Gasteiger partial charge in [0.1, 0.15) is 17.3 Å². The third kappa shape index (κ3) is 3.39. The zero-order valence-corrected chi connectivity index (χ0v) is 13.5. The van der Waals surface area contributed by atoms with Gasteiger partial charge in [-0.1, -0.05) is 36.1 Å². The number of rotatable bonds is 5. The van der Waals surface area contributed by atoms with Crippen LogP contribution in [0.3, 0.4) is 0 Å². The Labute approximate surface area is 140 Å². The first-order valence-electron chi connectivity index (χ1n) is 7.70. The van der Waals surface area contributed by atoms with Crippen molar-refractivity contribution in [1.29, 1.82) is 5.26 Å². The summed E-state index contributed by atoms with van der Waals surface area (Å²) in [6.45, 7) is 5.57. The van der Waals surface area contributed by atoms with Crippen molar-refractivity contribution >= 4 is 16.7 Å². The van der Waals surface area contributed by atoms with E-state index in [9.17, 15) is 0 Å². The van der Waals surface area contributed by atoms with Gasteiger partial charge in [0.05, 0.1) is 11.2 Å². The molecule has 0 aliphatic rings. The molecule has 118 valence electrons. The minimum Gasteiger partial charge on any atom is -0.248 e. The van der Waals surface area contributed by atoms with E-state index in [-0.39, 0.29) is 0 Å². The fourth-order valence-electron chi connectivity index (χ4n) is 2.47. The molecule has 3 rings (SSSR count). The van der Waals surface area contributed by atoms with Gasteiger partial charge in [0.15, 0.2) is 0 Å². The molecule has 5 heteroatoms. The van der Waals surface area contributed by atoms with Crippen molar-refractivity contribution in [1.82, 2.24) is 15.0 Å². The molecule has 5 nitrogen and oxygen atoms in total. The molecule has 0 radical (unpaired) electrons. The number of hydrogen-bond donors (Lipinski definition) is 0. The van der Waals surface area contributed by atoms with Crippen molar-refractivity contribution in [2.75, 3.05) is 0 Å². The summed E-state index contributed by atoms with van der Waals surface area (Å²) < 4.78 is 1.83. The predicted octanol–water partition coefficient (Wildman–Crippen LogP) is 3.85. The Bertz CT molecular complexity index is 942. The van der Waals surface area contributed by atoms with Crippen LogP contribution < -0.4 is 0 Å². The summed E-state index contributed by atoms with van der Waals surface area (Å²) in [6.07, 6.45) is 1.56. The first-order valence-corrected chi connectivity index (χ1v) is 7.70. The van der Waals surface area contributed by atoms with Crippen LogP contribution in [0, 0.1) is 11.3 Å². The maximum absolute atomic E-state index is 8.73. The van der Waals surface area contributed by atoms with E-state index in [0.717, 1.165) is 35.3 Å². The van der Waals surface area contributed by atoms with Gasteiger partial charge in [-0.25, -0.2) is 9.67 Å². The largest absolute Gasteiger partial charge is 0.248 e. The number of nitrogens with zero attached hydrogens (tertiary/aromatic N) is 5. The fraction of sp³-hybridized carbons (Fsp3) is 0.158. The van der Waals surface area contributed by atoms with Crippen LogP contribution in [0.15, 0.2) is 65.8 Å². The summed E-state index contributed by atoms with van der Waals surface area (Å²) >= 11 is 0. The molecule has 0 aliphatic heterocycles. The van der Waals surface area contributed by atoms with Gasteiger partial charge in [0.25, 0.3) is 0 Å². The van der Waals surface area contributed by atoms with Gasteiger partial charge in [-0.05, 0) is 49.6 Å². The summed E-state index contributed by atoms with van der Waals surface area (Å²) in [6, 6.07) is 18.1. The molecule has 1 heterocycles. The highest BCUT2D eigenvalue weighted by Crippen LogP contribution is 2.17. The molecule has 0 saturated carbocycles. The van der Waals surface area contributed by atoms with Gasteiger partial charge in [0.2, 0.25) is 0 Å². The second-order valence-electron chi connectivity index (χ2n) is 5.53. The Morgan fingerprint density at radius 3 is 2.71 bits per heavy atom. The van der Waals surface area contributed by atoms with Gasteiger partial charge in [-0.3, -0.25) is 0 Å². The second-order valence-corrected chi connectivity index (χ2v) is 5.53. The normalized spacial score (nSPS) is 11.4. The molecular formula is C19H17N5. The average Bonchev–Trinajstić information content (AvgIpc) is 3.04. The lowest BCUT2D eigenvalue weighted by Gasteiger charge is -2.05. The highest BCUT2D eigenvalue weighted by Gasteiger charge is 2.05. The number of nitriles is 1.